The van der Waals surface area contributed by atoms with Crippen molar-refractivity contribution in [3.8, 4) is 0 Å². The van der Waals surface area contributed by atoms with Gasteiger partial charge >= 0.3 is 0 Å². The van der Waals surface area contributed by atoms with E-state index in [1.807, 2.05) is 6.08 Å². The molecule has 0 saturated heterocycles. The minimum absolute atomic E-state index is 0.414. The third-order valence-electron chi connectivity index (χ3n) is 1.95. The van der Waals surface area contributed by atoms with Crippen LogP contribution in [-0.2, 0) is 9.53 Å². The second-order valence-corrected chi connectivity index (χ2v) is 3.77. The third kappa shape index (κ3) is 9.12. The van der Waals surface area contributed by atoms with E-state index in [1.54, 1.807) is 0 Å². The molecule has 0 fully saturated rings. The smallest absolute Gasteiger partial charge is 0.293 e. The fourth-order valence-electron chi connectivity index (χ4n) is 1.12. The number of allylic oxidation sites excluding steroid dienone is 1. The molecule has 0 heterocycles. The van der Waals surface area contributed by atoms with Gasteiger partial charge in [-0.2, -0.15) is 0 Å². The lowest BCUT2D eigenvalue weighted by Gasteiger charge is -2.04. The standard InChI is InChI=1S/C11H20O2/c1-10(2)5-4-6-11(3)7-8-13-9-12/h7,9-10H,4-6,8H2,1-3H3/b11-7-. The Morgan fingerprint density at radius 2 is 2.15 bits per heavy atom. The third-order valence-corrected chi connectivity index (χ3v) is 1.95. The van der Waals surface area contributed by atoms with Gasteiger partial charge in [-0.1, -0.05) is 25.8 Å². The SMILES string of the molecule is C/C(=C/COC=O)CCCC(C)C. The van der Waals surface area contributed by atoms with E-state index in [1.165, 1.54) is 18.4 Å². The van der Waals surface area contributed by atoms with Gasteiger partial charge in [0.25, 0.3) is 6.47 Å². The van der Waals surface area contributed by atoms with Gasteiger partial charge in [0.15, 0.2) is 0 Å². The molecule has 13 heavy (non-hydrogen) atoms. The Morgan fingerprint density at radius 1 is 1.46 bits per heavy atom. The summed E-state index contributed by atoms with van der Waals surface area (Å²) in [5.74, 6) is 0.777. The quantitative estimate of drug-likeness (QED) is 0.345. The van der Waals surface area contributed by atoms with Crippen LogP contribution in [0.15, 0.2) is 11.6 Å². The van der Waals surface area contributed by atoms with Crippen molar-refractivity contribution in [1.29, 1.82) is 0 Å². The summed E-state index contributed by atoms with van der Waals surface area (Å²) in [6, 6.07) is 0. The topological polar surface area (TPSA) is 26.3 Å². The zero-order chi connectivity index (χ0) is 10.1. The summed E-state index contributed by atoms with van der Waals surface area (Å²) in [4.78, 5) is 9.84. The molecule has 2 heteroatoms. The molecule has 0 spiro atoms. The van der Waals surface area contributed by atoms with Crippen molar-refractivity contribution < 1.29 is 9.53 Å². The number of hydrogen-bond donors (Lipinski definition) is 0. The lowest BCUT2D eigenvalue weighted by molar-refractivity contribution is -0.127. The summed E-state index contributed by atoms with van der Waals surface area (Å²) in [6.07, 6.45) is 5.57. The number of rotatable bonds is 7. The van der Waals surface area contributed by atoms with Gasteiger partial charge in [0.2, 0.25) is 0 Å². The first-order valence-corrected chi connectivity index (χ1v) is 4.87. The maximum absolute atomic E-state index is 9.84. The van der Waals surface area contributed by atoms with Crippen LogP contribution < -0.4 is 0 Å². The summed E-state index contributed by atoms with van der Waals surface area (Å²) in [5.41, 5.74) is 1.31. The molecule has 0 rings (SSSR count). The molecular weight excluding hydrogens is 164 g/mol. The summed E-state index contributed by atoms with van der Waals surface area (Å²) < 4.78 is 4.57. The van der Waals surface area contributed by atoms with E-state index >= 15 is 0 Å². The lowest BCUT2D eigenvalue weighted by atomic mass is 10.0. The highest BCUT2D eigenvalue weighted by Crippen LogP contribution is 2.11. The molecule has 0 aromatic rings. The molecule has 0 amide bonds. The van der Waals surface area contributed by atoms with Crippen LogP contribution in [0.3, 0.4) is 0 Å². The van der Waals surface area contributed by atoms with Gasteiger partial charge in [-0.3, -0.25) is 4.79 Å². The van der Waals surface area contributed by atoms with Gasteiger partial charge in [-0.05, 0) is 31.8 Å². The molecule has 0 atom stereocenters. The summed E-state index contributed by atoms with van der Waals surface area (Å²) >= 11 is 0. The molecule has 76 valence electrons. The molecule has 0 saturated carbocycles. The van der Waals surface area contributed by atoms with Gasteiger partial charge in [0.05, 0.1) is 0 Å². The summed E-state index contributed by atoms with van der Waals surface area (Å²) in [6.45, 7) is 7.44. The van der Waals surface area contributed by atoms with Gasteiger partial charge in [-0.25, -0.2) is 0 Å². The van der Waals surface area contributed by atoms with Crippen molar-refractivity contribution in [3.63, 3.8) is 0 Å². The van der Waals surface area contributed by atoms with Crippen molar-refractivity contribution in [2.75, 3.05) is 6.61 Å². The second-order valence-electron chi connectivity index (χ2n) is 3.77. The van der Waals surface area contributed by atoms with Gasteiger partial charge in [0.1, 0.15) is 6.61 Å². The van der Waals surface area contributed by atoms with Crippen LogP contribution in [0.4, 0.5) is 0 Å². The Bertz CT molecular complexity index is 159. The van der Waals surface area contributed by atoms with Crippen LogP contribution in [0.1, 0.15) is 40.0 Å². The fourth-order valence-corrected chi connectivity index (χ4v) is 1.12. The largest absolute Gasteiger partial charge is 0.464 e. The number of carbonyl (C=O) groups is 1. The van der Waals surface area contributed by atoms with Crippen molar-refractivity contribution in [3.05, 3.63) is 11.6 Å². The Labute approximate surface area is 81.0 Å². The van der Waals surface area contributed by atoms with Crippen LogP contribution >= 0.6 is 0 Å². The van der Waals surface area contributed by atoms with E-state index in [9.17, 15) is 4.79 Å². The highest BCUT2D eigenvalue weighted by molar-refractivity contribution is 5.37. The molecule has 0 N–H and O–H groups in total. The van der Waals surface area contributed by atoms with Crippen LogP contribution in [0.2, 0.25) is 0 Å². The summed E-state index contributed by atoms with van der Waals surface area (Å²) in [5, 5.41) is 0. The maximum atomic E-state index is 9.84. The minimum Gasteiger partial charge on any atom is -0.464 e. The number of ether oxygens (including phenoxy) is 1. The van der Waals surface area contributed by atoms with Crippen LogP contribution in [0, 0.1) is 5.92 Å². The van der Waals surface area contributed by atoms with E-state index in [4.69, 9.17) is 0 Å². The van der Waals surface area contributed by atoms with Crippen molar-refractivity contribution in [2.45, 2.75) is 40.0 Å². The lowest BCUT2D eigenvalue weighted by Crippen LogP contribution is -1.90. The minimum atomic E-state index is 0.414. The molecule has 0 bridgehead atoms. The zero-order valence-electron chi connectivity index (χ0n) is 8.88. The second kappa shape index (κ2) is 7.84. The van der Waals surface area contributed by atoms with E-state index in [-0.39, 0.29) is 0 Å². The molecule has 0 aromatic carbocycles. The first-order chi connectivity index (χ1) is 6.16. The predicted octanol–water partition coefficient (Wildman–Crippen LogP) is 2.93. The van der Waals surface area contributed by atoms with Crippen molar-refractivity contribution in [1.82, 2.24) is 0 Å². The first-order valence-electron chi connectivity index (χ1n) is 4.87. The fraction of sp³-hybridized carbons (Fsp3) is 0.727. The van der Waals surface area contributed by atoms with E-state index in [0.29, 0.717) is 13.1 Å². The van der Waals surface area contributed by atoms with E-state index in [0.717, 1.165) is 12.3 Å². The van der Waals surface area contributed by atoms with Crippen molar-refractivity contribution in [2.24, 2.45) is 5.92 Å². The first kappa shape index (κ1) is 12.2. The van der Waals surface area contributed by atoms with Crippen LogP contribution in [-0.4, -0.2) is 13.1 Å². The molecule has 0 aromatic heterocycles. The average Bonchev–Trinajstić information content (AvgIpc) is 2.04. The molecule has 0 aliphatic rings. The highest BCUT2D eigenvalue weighted by atomic mass is 16.5. The average molecular weight is 184 g/mol. The van der Waals surface area contributed by atoms with Crippen LogP contribution in [0.25, 0.3) is 0 Å². The molecule has 0 radical (unpaired) electrons. The van der Waals surface area contributed by atoms with Crippen molar-refractivity contribution >= 4 is 6.47 Å². The Hall–Kier alpha value is -0.790. The maximum Gasteiger partial charge on any atom is 0.293 e. The van der Waals surface area contributed by atoms with Gasteiger partial charge in [-0.15, -0.1) is 0 Å². The molecule has 0 aliphatic carbocycles. The number of hydrogen-bond acceptors (Lipinski definition) is 2. The van der Waals surface area contributed by atoms with E-state index < -0.39 is 0 Å². The van der Waals surface area contributed by atoms with Gasteiger partial charge < -0.3 is 4.74 Å². The highest BCUT2D eigenvalue weighted by Gasteiger charge is 1.94. The normalized spacial score (nSPS) is 11.8. The van der Waals surface area contributed by atoms with E-state index in [2.05, 4.69) is 25.5 Å². The monoisotopic (exact) mass is 184 g/mol. The predicted molar refractivity (Wildman–Crippen MR) is 54.5 cm³/mol. The van der Waals surface area contributed by atoms with Crippen LogP contribution in [0.5, 0.6) is 0 Å². The summed E-state index contributed by atoms with van der Waals surface area (Å²) in [7, 11) is 0. The molecule has 0 unspecified atom stereocenters. The Kier molecular flexibility index (Phi) is 7.36. The Morgan fingerprint density at radius 3 is 2.69 bits per heavy atom. The molecule has 2 nitrogen and oxygen atoms in total. The molecule has 0 aliphatic heterocycles. The Balaban J connectivity index is 3.43. The van der Waals surface area contributed by atoms with Gasteiger partial charge in [0, 0.05) is 0 Å². The zero-order valence-corrected chi connectivity index (χ0v) is 8.88. The molecular formula is C11H20O2. The number of carbonyl (C=O) groups excluding carboxylic acids is 1.